The number of hydrogen-bond acceptors (Lipinski definition) is 5. The highest BCUT2D eigenvalue weighted by Crippen LogP contribution is 2.39. The van der Waals surface area contributed by atoms with E-state index in [-0.39, 0.29) is 10.8 Å². The molecule has 53 heavy (non-hydrogen) atoms. The molecule has 5 aromatic carbocycles. The maximum absolute atomic E-state index is 6.63. The van der Waals surface area contributed by atoms with Crippen LogP contribution in [0.25, 0.3) is 56.4 Å². The summed E-state index contributed by atoms with van der Waals surface area (Å²) in [6, 6.07) is 42.5. The van der Waals surface area contributed by atoms with Gasteiger partial charge in [0.25, 0.3) is 0 Å². The Kier molecular flexibility index (Phi) is 9.29. The molecule has 1 aromatic heterocycles. The van der Waals surface area contributed by atoms with Crippen LogP contribution in [0.4, 0.5) is 0 Å². The summed E-state index contributed by atoms with van der Waals surface area (Å²) in [5.41, 5.74) is 9.81. The third kappa shape index (κ3) is 7.62. The van der Waals surface area contributed by atoms with E-state index in [1.54, 1.807) is 0 Å². The van der Waals surface area contributed by atoms with Gasteiger partial charge in [-0.25, -0.2) is 15.0 Å². The Morgan fingerprint density at radius 2 is 0.792 bits per heavy atom. The fourth-order valence-electron chi connectivity index (χ4n) is 6.54. The van der Waals surface area contributed by atoms with Gasteiger partial charge in [0.15, 0.2) is 17.5 Å². The minimum atomic E-state index is -0.566. The van der Waals surface area contributed by atoms with E-state index >= 15 is 0 Å². The topological polar surface area (TPSA) is 57.1 Å². The lowest BCUT2D eigenvalue weighted by Crippen LogP contribution is -2.41. The Bertz CT molecular complexity index is 2160. The molecule has 0 atom stereocenters. The van der Waals surface area contributed by atoms with Gasteiger partial charge in [0.2, 0.25) is 0 Å². The summed E-state index contributed by atoms with van der Waals surface area (Å²) in [7, 11) is -0.566. The molecule has 0 saturated carbocycles. The summed E-state index contributed by atoms with van der Waals surface area (Å²) in [4.78, 5) is 15.1. The van der Waals surface area contributed by atoms with Crippen molar-refractivity contribution < 1.29 is 9.31 Å². The average molecular weight is 700 g/mol. The SMILES string of the molecule is CC(C)(C)c1cc(-c2cccc(-c3cc(B4OC(C)(C)C(C)(C)O4)cc(-c4nc(-c5ccccc5)nc(-c5ccccc5)n4)c3)c2)cc(C(C)(C)C)c1. The van der Waals surface area contributed by atoms with Crippen molar-refractivity contribution in [2.24, 2.45) is 0 Å². The molecule has 1 aliphatic rings. The van der Waals surface area contributed by atoms with Gasteiger partial charge in [0.1, 0.15) is 0 Å². The zero-order chi connectivity index (χ0) is 37.8. The molecular weight excluding hydrogens is 649 g/mol. The first kappa shape index (κ1) is 36.5. The largest absolute Gasteiger partial charge is 0.494 e. The van der Waals surface area contributed by atoms with Crippen LogP contribution in [0.15, 0.2) is 121 Å². The minimum Gasteiger partial charge on any atom is -0.399 e. The molecule has 0 aliphatic carbocycles. The second-order valence-corrected chi connectivity index (χ2v) is 17.4. The Labute approximate surface area is 316 Å². The van der Waals surface area contributed by atoms with Crippen molar-refractivity contribution in [1.29, 1.82) is 0 Å². The van der Waals surface area contributed by atoms with Crippen molar-refractivity contribution in [1.82, 2.24) is 15.0 Å². The Hall–Kier alpha value is -4.91. The van der Waals surface area contributed by atoms with Crippen molar-refractivity contribution in [2.75, 3.05) is 0 Å². The molecule has 1 fully saturated rings. The van der Waals surface area contributed by atoms with Gasteiger partial charge in [-0.2, -0.15) is 0 Å². The quantitative estimate of drug-likeness (QED) is 0.162. The Balaban J connectivity index is 1.41. The van der Waals surface area contributed by atoms with E-state index in [0.717, 1.165) is 33.3 Å². The summed E-state index contributed by atoms with van der Waals surface area (Å²) in [6.07, 6.45) is 0. The Morgan fingerprint density at radius 3 is 1.25 bits per heavy atom. The molecule has 268 valence electrons. The molecule has 6 aromatic rings. The highest BCUT2D eigenvalue weighted by atomic mass is 16.7. The maximum Gasteiger partial charge on any atom is 0.494 e. The van der Waals surface area contributed by atoms with Crippen molar-refractivity contribution in [3.8, 4) is 56.4 Å². The van der Waals surface area contributed by atoms with Gasteiger partial charge in [-0.05, 0) is 89.5 Å². The van der Waals surface area contributed by atoms with E-state index < -0.39 is 18.3 Å². The van der Waals surface area contributed by atoms with Crippen LogP contribution in [-0.4, -0.2) is 33.3 Å². The molecule has 0 radical (unpaired) electrons. The fourth-order valence-corrected chi connectivity index (χ4v) is 6.54. The average Bonchev–Trinajstić information content (AvgIpc) is 3.37. The monoisotopic (exact) mass is 699 g/mol. The van der Waals surface area contributed by atoms with Gasteiger partial charge in [0.05, 0.1) is 11.2 Å². The molecular formula is C47H50BN3O2. The van der Waals surface area contributed by atoms with Crippen LogP contribution in [0.1, 0.15) is 80.4 Å². The third-order valence-electron chi connectivity index (χ3n) is 10.6. The van der Waals surface area contributed by atoms with Crippen LogP contribution < -0.4 is 5.46 Å². The number of aromatic nitrogens is 3. The van der Waals surface area contributed by atoms with Crippen LogP contribution in [0.5, 0.6) is 0 Å². The molecule has 5 nitrogen and oxygen atoms in total. The van der Waals surface area contributed by atoms with Crippen LogP contribution in [0.2, 0.25) is 0 Å². The van der Waals surface area contributed by atoms with Gasteiger partial charge in [0, 0.05) is 16.7 Å². The van der Waals surface area contributed by atoms with Crippen LogP contribution >= 0.6 is 0 Å². The highest BCUT2D eigenvalue weighted by Gasteiger charge is 2.51. The number of benzene rings is 5. The lowest BCUT2D eigenvalue weighted by atomic mass is 9.76. The second kappa shape index (κ2) is 13.5. The standard InChI is InChI=1S/C47H50BN3O2/c1-44(2,3)38-26-36(27-39(30-38)45(4,5)6)34-23-17-22-33(24-34)35-25-37(29-40(28-35)48-52-46(7,8)47(9,10)53-48)43-50-41(31-18-13-11-14-19-31)49-42(51-43)32-20-15-12-16-21-32/h11-30H,1-10H3. The predicted octanol–water partition coefficient (Wildman–Crippen LogP) is 11.1. The summed E-state index contributed by atoms with van der Waals surface area (Å²) in [5, 5.41) is 0. The van der Waals surface area contributed by atoms with E-state index in [2.05, 4.69) is 130 Å². The smallest absolute Gasteiger partial charge is 0.399 e. The van der Waals surface area contributed by atoms with Gasteiger partial charge in [-0.3, -0.25) is 0 Å². The first-order valence-electron chi connectivity index (χ1n) is 18.6. The summed E-state index contributed by atoms with van der Waals surface area (Å²) in [5.74, 6) is 1.82. The molecule has 0 bridgehead atoms. The number of rotatable bonds is 6. The lowest BCUT2D eigenvalue weighted by molar-refractivity contribution is 0.00578. The number of hydrogen-bond donors (Lipinski definition) is 0. The molecule has 1 aliphatic heterocycles. The van der Waals surface area contributed by atoms with Crippen LogP contribution in [0, 0.1) is 0 Å². The van der Waals surface area contributed by atoms with Crippen molar-refractivity contribution in [3.05, 3.63) is 132 Å². The van der Waals surface area contributed by atoms with Crippen LogP contribution in [0.3, 0.4) is 0 Å². The van der Waals surface area contributed by atoms with Crippen molar-refractivity contribution >= 4 is 12.6 Å². The molecule has 2 heterocycles. The van der Waals surface area contributed by atoms with Crippen molar-refractivity contribution in [2.45, 2.75) is 91.3 Å². The fraction of sp³-hybridized carbons (Fsp3) is 0.298. The highest BCUT2D eigenvalue weighted by molar-refractivity contribution is 6.62. The van der Waals surface area contributed by atoms with Crippen molar-refractivity contribution in [3.63, 3.8) is 0 Å². The molecule has 7 rings (SSSR count). The van der Waals surface area contributed by atoms with Gasteiger partial charge < -0.3 is 9.31 Å². The van der Waals surface area contributed by atoms with Gasteiger partial charge >= 0.3 is 7.12 Å². The zero-order valence-electron chi connectivity index (χ0n) is 32.8. The molecule has 0 N–H and O–H groups in total. The summed E-state index contributed by atoms with van der Waals surface area (Å²) >= 11 is 0. The minimum absolute atomic E-state index is 0.0153. The van der Waals surface area contributed by atoms with E-state index in [1.165, 1.54) is 22.3 Å². The Morgan fingerprint density at radius 1 is 0.415 bits per heavy atom. The number of nitrogens with zero attached hydrogens (tertiary/aromatic N) is 3. The molecule has 0 amide bonds. The summed E-state index contributed by atoms with van der Waals surface area (Å²) in [6.45, 7) is 22.0. The maximum atomic E-state index is 6.63. The lowest BCUT2D eigenvalue weighted by Gasteiger charge is -2.32. The summed E-state index contributed by atoms with van der Waals surface area (Å²) < 4.78 is 13.3. The van der Waals surface area contributed by atoms with E-state index in [0.29, 0.717) is 17.5 Å². The van der Waals surface area contributed by atoms with E-state index in [9.17, 15) is 0 Å². The first-order valence-corrected chi connectivity index (χ1v) is 18.6. The first-order chi connectivity index (χ1) is 25.0. The zero-order valence-corrected chi connectivity index (χ0v) is 32.8. The normalized spacial score (nSPS) is 15.5. The molecule has 6 heteroatoms. The predicted molar refractivity (Wildman–Crippen MR) is 220 cm³/mol. The van der Waals surface area contributed by atoms with E-state index in [4.69, 9.17) is 24.3 Å². The molecule has 0 spiro atoms. The second-order valence-electron chi connectivity index (χ2n) is 17.4. The molecule has 0 unspecified atom stereocenters. The van der Waals surface area contributed by atoms with Gasteiger partial charge in [-0.15, -0.1) is 0 Å². The molecule has 1 saturated heterocycles. The van der Waals surface area contributed by atoms with Crippen LogP contribution in [-0.2, 0) is 20.1 Å². The van der Waals surface area contributed by atoms with Gasteiger partial charge in [-0.1, -0.05) is 151 Å². The van der Waals surface area contributed by atoms with E-state index in [1.807, 2.05) is 60.7 Å². The third-order valence-corrected chi connectivity index (χ3v) is 10.6.